The van der Waals surface area contributed by atoms with Gasteiger partial charge in [0.05, 0.1) is 6.04 Å². The van der Waals surface area contributed by atoms with Crippen molar-refractivity contribution in [3.8, 4) is 0 Å². The summed E-state index contributed by atoms with van der Waals surface area (Å²) in [6.07, 6.45) is 3.92. The van der Waals surface area contributed by atoms with Gasteiger partial charge in [0.2, 0.25) is 5.91 Å². The monoisotopic (exact) mass is 168 g/mol. The van der Waals surface area contributed by atoms with Crippen molar-refractivity contribution < 1.29 is 4.79 Å². The van der Waals surface area contributed by atoms with Crippen LogP contribution in [-0.4, -0.2) is 18.0 Å². The molecule has 1 amide bonds. The maximum absolute atomic E-state index is 11.1. The highest BCUT2D eigenvalue weighted by Crippen LogP contribution is 2.49. The average molecular weight is 168 g/mol. The molecule has 2 aliphatic carbocycles. The summed E-state index contributed by atoms with van der Waals surface area (Å²) in [5.74, 6) is 1.71. The highest BCUT2D eigenvalue weighted by molar-refractivity contribution is 5.81. The van der Waals surface area contributed by atoms with Gasteiger partial charge in [0.1, 0.15) is 0 Å². The molecule has 0 aromatic heterocycles. The Morgan fingerprint density at radius 1 is 1.58 bits per heavy atom. The van der Waals surface area contributed by atoms with E-state index >= 15 is 0 Å². The van der Waals surface area contributed by atoms with Gasteiger partial charge in [-0.15, -0.1) is 0 Å². The lowest BCUT2D eigenvalue weighted by atomic mass is 10.2. The van der Waals surface area contributed by atoms with Crippen LogP contribution in [0.1, 0.15) is 26.2 Å². The molecule has 68 valence electrons. The van der Waals surface area contributed by atoms with Crippen LogP contribution in [0.2, 0.25) is 0 Å². The lowest BCUT2D eigenvalue weighted by Crippen LogP contribution is -2.40. The molecule has 2 aliphatic rings. The molecule has 0 saturated heterocycles. The number of nitrogens with two attached hydrogens (primary N) is 1. The predicted octanol–water partition coefficient (Wildman–Crippen LogP) is 0.248. The second kappa shape index (κ2) is 2.73. The van der Waals surface area contributed by atoms with Gasteiger partial charge in [0.15, 0.2) is 0 Å². The molecule has 0 aromatic rings. The highest BCUT2D eigenvalue weighted by Gasteiger charge is 2.48. The first-order valence-corrected chi connectivity index (χ1v) is 4.74. The Morgan fingerprint density at radius 2 is 2.25 bits per heavy atom. The van der Waals surface area contributed by atoms with E-state index in [2.05, 4.69) is 5.32 Å². The molecular formula is C9H16N2O. The van der Waals surface area contributed by atoms with Gasteiger partial charge >= 0.3 is 0 Å². The standard InChI is InChI=1S/C9H16N2O/c1-5(10)9(12)11-8-4-7(8)6-2-3-6/h5-8H,2-4,10H2,1H3,(H,11,12)/t5-,7?,8?/m0/s1. The molecule has 3 N–H and O–H groups in total. The molecule has 0 heterocycles. The molecule has 2 saturated carbocycles. The molecule has 2 unspecified atom stereocenters. The molecule has 12 heavy (non-hydrogen) atoms. The summed E-state index contributed by atoms with van der Waals surface area (Å²) in [4.78, 5) is 11.1. The van der Waals surface area contributed by atoms with Gasteiger partial charge in [0.25, 0.3) is 0 Å². The van der Waals surface area contributed by atoms with E-state index in [9.17, 15) is 4.79 Å². The van der Waals surface area contributed by atoms with Crippen LogP contribution in [0.3, 0.4) is 0 Å². The number of hydrogen-bond donors (Lipinski definition) is 2. The van der Waals surface area contributed by atoms with Gasteiger partial charge in [-0.2, -0.15) is 0 Å². The molecule has 0 radical (unpaired) electrons. The van der Waals surface area contributed by atoms with Crippen LogP contribution in [-0.2, 0) is 4.79 Å². The molecule has 0 bridgehead atoms. The van der Waals surface area contributed by atoms with Crippen LogP contribution in [0.15, 0.2) is 0 Å². The fraction of sp³-hybridized carbons (Fsp3) is 0.889. The van der Waals surface area contributed by atoms with E-state index in [1.54, 1.807) is 6.92 Å². The van der Waals surface area contributed by atoms with Gasteiger partial charge in [-0.05, 0) is 38.0 Å². The second-order valence-corrected chi connectivity index (χ2v) is 4.14. The van der Waals surface area contributed by atoms with Crippen LogP contribution in [0.4, 0.5) is 0 Å². The van der Waals surface area contributed by atoms with E-state index in [1.807, 2.05) is 0 Å². The molecule has 0 aromatic carbocycles. The van der Waals surface area contributed by atoms with Crippen LogP contribution in [0.5, 0.6) is 0 Å². The van der Waals surface area contributed by atoms with Gasteiger partial charge in [-0.25, -0.2) is 0 Å². The topological polar surface area (TPSA) is 55.1 Å². The summed E-state index contributed by atoms with van der Waals surface area (Å²) in [6.45, 7) is 1.73. The number of nitrogens with one attached hydrogen (secondary N) is 1. The summed E-state index contributed by atoms with van der Waals surface area (Å²) in [6, 6.07) is 0.0986. The number of hydrogen-bond acceptors (Lipinski definition) is 2. The van der Waals surface area contributed by atoms with Crippen molar-refractivity contribution >= 4 is 5.91 Å². The normalized spacial score (nSPS) is 35.8. The average Bonchev–Trinajstić information content (AvgIpc) is 2.79. The number of carbonyl (C=O) groups excluding carboxylic acids is 1. The maximum Gasteiger partial charge on any atom is 0.236 e. The molecule has 0 aliphatic heterocycles. The molecule has 0 spiro atoms. The Bertz CT molecular complexity index is 199. The summed E-state index contributed by atoms with van der Waals surface area (Å²) in [5, 5.41) is 2.96. The third-order valence-corrected chi connectivity index (χ3v) is 2.81. The summed E-state index contributed by atoms with van der Waals surface area (Å²) in [5.41, 5.74) is 5.44. The minimum Gasteiger partial charge on any atom is -0.352 e. The predicted molar refractivity (Wildman–Crippen MR) is 46.4 cm³/mol. The van der Waals surface area contributed by atoms with Crippen molar-refractivity contribution in [3.63, 3.8) is 0 Å². The van der Waals surface area contributed by atoms with Crippen molar-refractivity contribution in [1.29, 1.82) is 0 Å². The first kappa shape index (κ1) is 8.05. The number of amides is 1. The molecule has 2 rings (SSSR count). The number of rotatable bonds is 3. The van der Waals surface area contributed by atoms with Crippen LogP contribution in [0, 0.1) is 11.8 Å². The zero-order valence-corrected chi connectivity index (χ0v) is 7.42. The van der Waals surface area contributed by atoms with Crippen LogP contribution < -0.4 is 11.1 Å². The van der Waals surface area contributed by atoms with Gasteiger partial charge in [-0.3, -0.25) is 4.79 Å². The minimum atomic E-state index is -0.356. The maximum atomic E-state index is 11.1. The fourth-order valence-corrected chi connectivity index (χ4v) is 1.74. The van der Waals surface area contributed by atoms with Crippen molar-refractivity contribution in [2.24, 2.45) is 17.6 Å². The zero-order chi connectivity index (χ0) is 8.72. The van der Waals surface area contributed by atoms with Crippen molar-refractivity contribution in [1.82, 2.24) is 5.32 Å². The minimum absolute atomic E-state index is 0.00292. The third kappa shape index (κ3) is 1.61. The van der Waals surface area contributed by atoms with E-state index in [0.717, 1.165) is 11.8 Å². The molecular weight excluding hydrogens is 152 g/mol. The van der Waals surface area contributed by atoms with Crippen molar-refractivity contribution in [2.45, 2.75) is 38.3 Å². The lowest BCUT2D eigenvalue weighted by molar-refractivity contribution is -0.122. The molecule has 2 fully saturated rings. The van der Waals surface area contributed by atoms with Gasteiger partial charge in [0, 0.05) is 6.04 Å². The molecule has 3 nitrogen and oxygen atoms in total. The Balaban J connectivity index is 1.71. The Morgan fingerprint density at radius 3 is 2.75 bits per heavy atom. The SMILES string of the molecule is C[C@H](N)C(=O)NC1CC1C1CC1. The van der Waals surface area contributed by atoms with Crippen molar-refractivity contribution in [3.05, 3.63) is 0 Å². The van der Waals surface area contributed by atoms with Crippen molar-refractivity contribution in [2.75, 3.05) is 0 Å². The van der Waals surface area contributed by atoms with E-state index in [1.165, 1.54) is 19.3 Å². The van der Waals surface area contributed by atoms with E-state index < -0.39 is 0 Å². The van der Waals surface area contributed by atoms with E-state index in [4.69, 9.17) is 5.73 Å². The van der Waals surface area contributed by atoms with E-state index in [-0.39, 0.29) is 11.9 Å². The second-order valence-electron chi connectivity index (χ2n) is 4.14. The van der Waals surface area contributed by atoms with E-state index in [0.29, 0.717) is 6.04 Å². The summed E-state index contributed by atoms with van der Waals surface area (Å²) in [7, 11) is 0. The van der Waals surface area contributed by atoms with Crippen LogP contribution in [0.25, 0.3) is 0 Å². The number of carbonyl (C=O) groups is 1. The zero-order valence-electron chi connectivity index (χ0n) is 7.42. The Hall–Kier alpha value is -0.570. The van der Waals surface area contributed by atoms with Crippen LogP contribution >= 0.6 is 0 Å². The highest BCUT2D eigenvalue weighted by atomic mass is 16.2. The van der Waals surface area contributed by atoms with Gasteiger partial charge < -0.3 is 11.1 Å². The summed E-state index contributed by atoms with van der Waals surface area (Å²) < 4.78 is 0. The first-order valence-electron chi connectivity index (χ1n) is 4.74. The molecule has 3 atom stereocenters. The Labute approximate surface area is 72.7 Å². The smallest absolute Gasteiger partial charge is 0.236 e. The third-order valence-electron chi connectivity index (χ3n) is 2.81. The Kier molecular flexibility index (Phi) is 1.83. The quantitative estimate of drug-likeness (QED) is 0.634. The molecule has 3 heteroatoms. The van der Waals surface area contributed by atoms with Gasteiger partial charge in [-0.1, -0.05) is 0 Å². The lowest BCUT2D eigenvalue weighted by Gasteiger charge is -2.06. The fourth-order valence-electron chi connectivity index (χ4n) is 1.74. The first-order chi connectivity index (χ1) is 5.68. The summed E-state index contributed by atoms with van der Waals surface area (Å²) >= 11 is 0. The largest absolute Gasteiger partial charge is 0.352 e.